The zero-order valence-corrected chi connectivity index (χ0v) is 16.0. The molecule has 2 heteroatoms. The van der Waals surface area contributed by atoms with Crippen LogP contribution in [0.4, 0.5) is 4.39 Å². The van der Waals surface area contributed by atoms with Crippen LogP contribution >= 0.6 is 0 Å². The van der Waals surface area contributed by atoms with Gasteiger partial charge < -0.3 is 0 Å². The SMILES string of the molecule is C=C(CCC(/C=C(\C)c1ccc(C)cc1F)=NCC)CCC(C)C. The van der Waals surface area contributed by atoms with Crippen molar-refractivity contribution in [2.24, 2.45) is 10.9 Å². The summed E-state index contributed by atoms with van der Waals surface area (Å²) >= 11 is 0. The van der Waals surface area contributed by atoms with Crippen LogP contribution in [-0.4, -0.2) is 12.3 Å². The molecule has 0 aliphatic heterocycles. The number of benzene rings is 1. The average Bonchev–Trinajstić information content (AvgIpc) is 2.50. The van der Waals surface area contributed by atoms with Gasteiger partial charge in [0.25, 0.3) is 0 Å². The van der Waals surface area contributed by atoms with Gasteiger partial charge in [-0.3, -0.25) is 4.99 Å². The fourth-order valence-corrected chi connectivity index (χ4v) is 2.59. The van der Waals surface area contributed by atoms with Gasteiger partial charge in [-0.2, -0.15) is 0 Å². The van der Waals surface area contributed by atoms with Crippen molar-refractivity contribution in [3.8, 4) is 0 Å². The number of rotatable bonds is 9. The summed E-state index contributed by atoms with van der Waals surface area (Å²) in [7, 11) is 0. The lowest BCUT2D eigenvalue weighted by atomic mass is 9.98. The molecule has 0 radical (unpaired) electrons. The van der Waals surface area contributed by atoms with Crippen molar-refractivity contribution in [2.75, 3.05) is 6.54 Å². The van der Waals surface area contributed by atoms with E-state index in [9.17, 15) is 4.39 Å². The molecule has 0 N–H and O–H groups in total. The molecule has 0 spiro atoms. The van der Waals surface area contributed by atoms with E-state index in [1.165, 1.54) is 12.0 Å². The third-order valence-corrected chi connectivity index (χ3v) is 4.10. The molecular weight excluding hydrogens is 297 g/mol. The molecule has 0 unspecified atom stereocenters. The van der Waals surface area contributed by atoms with E-state index in [2.05, 4.69) is 25.4 Å². The van der Waals surface area contributed by atoms with E-state index in [1.807, 2.05) is 39.0 Å². The Bertz CT molecular complexity index is 608. The molecule has 1 aromatic rings. The Balaban J connectivity index is 2.78. The second kappa shape index (κ2) is 10.2. The molecular formula is C22H32FN. The molecule has 0 aliphatic rings. The first-order chi connectivity index (χ1) is 11.3. The van der Waals surface area contributed by atoms with Gasteiger partial charge in [0.1, 0.15) is 5.82 Å². The van der Waals surface area contributed by atoms with E-state index in [-0.39, 0.29) is 5.82 Å². The second-order valence-electron chi connectivity index (χ2n) is 6.96. The third-order valence-electron chi connectivity index (χ3n) is 4.10. The lowest BCUT2D eigenvalue weighted by Gasteiger charge is -2.10. The van der Waals surface area contributed by atoms with Gasteiger partial charge >= 0.3 is 0 Å². The summed E-state index contributed by atoms with van der Waals surface area (Å²) in [5, 5.41) is 0. The molecule has 132 valence electrons. The maximum absolute atomic E-state index is 14.1. The summed E-state index contributed by atoms with van der Waals surface area (Å²) in [6.45, 7) is 15.3. The first-order valence-electron chi connectivity index (χ1n) is 8.98. The van der Waals surface area contributed by atoms with Crippen molar-refractivity contribution >= 4 is 11.3 Å². The summed E-state index contributed by atoms with van der Waals surface area (Å²) < 4.78 is 14.1. The molecule has 24 heavy (non-hydrogen) atoms. The standard InChI is InChI=1S/C22H32FN/c1-7-24-20(12-10-17(4)9-8-16(2)3)15-19(6)21-13-11-18(5)14-22(21)23/h11,13-16H,4,7-10,12H2,1-3,5-6H3/b19-15+,24-20?. The highest BCUT2D eigenvalue weighted by Gasteiger charge is 2.06. The first kappa shape index (κ1) is 20.3. The molecule has 0 atom stereocenters. The molecule has 1 nitrogen and oxygen atoms in total. The largest absolute Gasteiger partial charge is 0.290 e. The smallest absolute Gasteiger partial charge is 0.130 e. The Morgan fingerprint density at radius 2 is 1.96 bits per heavy atom. The van der Waals surface area contributed by atoms with Crippen molar-refractivity contribution in [1.29, 1.82) is 0 Å². The van der Waals surface area contributed by atoms with Crippen LogP contribution in [-0.2, 0) is 0 Å². The van der Waals surface area contributed by atoms with E-state index < -0.39 is 0 Å². The van der Waals surface area contributed by atoms with Crippen LogP contribution in [0.25, 0.3) is 5.57 Å². The molecule has 1 aromatic carbocycles. The van der Waals surface area contributed by atoms with E-state index in [1.54, 1.807) is 6.07 Å². The lowest BCUT2D eigenvalue weighted by Crippen LogP contribution is -1.99. The molecule has 0 saturated carbocycles. The van der Waals surface area contributed by atoms with Gasteiger partial charge in [-0.05, 0) is 75.7 Å². The Hall–Kier alpha value is -1.70. The van der Waals surface area contributed by atoms with Crippen LogP contribution in [0.1, 0.15) is 64.5 Å². The average molecular weight is 330 g/mol. The molecule has 0 aromatic heterocycles. The maximum Gasteiger partial charge on any atom is 0.130 e. The van der Waals surface area contributed by atoms with Gasteiger partial charge in [0.15, 0.2) is 0 Å². The zero-order chi connectivity index (χ0) is 18.1. The minimum atomic E-state index is -0.166. The predicted molar refractivity (Wildman–Crippen MR) is 105 cm³/mol. The first-order valence-corrected chi connectivity index (χ1v) is 8.98. The summed E-state index contributed by atoms with van der Waals surface area (Å²) in [6.07, 6.45) is 6.10. The second-order valence-corrected chi connectivity index (χ2v) is 6.96. The number of hydrogen-bond acceptors (Lipinski definition) is 1. The minimum absolute atomic E-state index is 0.166. The Labute approximate surface area is 147 Å². The highest BCUT2D eigenvalue weighted by Crippen LogP contribution is 2.21. The maximum atomic E-state index is 14.1. The summed E-state index contributed by atoms with van der Waals surface area (Å²) in [5.41, 5.74) is 4.82. The van der Waals surface area contributed by atoms with Crippen molar-refractivity contribution in [1.82, 2.24) is 0 Å². The number of hydrogen-bond donors (Lipinski definition) is 0. The summed E-state index contributed by atoms with van der Waals surface area (Å²) in [5.74, 6) is 0.540. The van der Waals surface area contributed by atoms with Crippen LogP contribution in [0.3, 0.4) is 0 Å². The molecule has 0 aliphatic carbocycles. The van der Waals surface area contributed by atoms with Crippen LogP contribution in [0.15, 0.2) is 41.4 Å². The van der Waals surface area contributed by atoms with E-state index in [0.29, 0.717) is 11.5 Å². The van der Waals surface area contributed by atoms with Gasteiger partial charge in [-0.25, -0.2) is 4.39 Å². The van der Waals surface area contributed by atoms with Crippen molar-refractivity contribution in [3.05, 3.63) is 53.4 Å². The molecule has 0 saturated heterocycles. The monoisotopic (exact) mass is 329 g/mol. The fraction of sp³-hybridized carbons (Fsp3) is 0.500. The Kier molecular flexibility index (Phi) is 8.67. The molecule has 1 rings (SSSR count). The minimum Gasteiger partial charge on any atom is -0.290 e. The summed E-state index contributed by atoms with van der Waals surface area (Å²) in [4.78, 5) is 4.58. The Morgan fingerprint density at radius 1 is 1.25 bits per heavy atom. The van der Waals surface area contributed by atoms with Gasteiger partial charge in [-0.1, -0.05) is 38.1 Å². The van der Waals surface area contributed by atoms with Crippen LogP contribution < -0.4 is 0 Å². The highest BCUT2D eigenvalue weighted by molar-refractivity contribution is 6.00. The normalized spacial score (nSPS) is 12.8. The molecule has 0 amide bonds. The van der Waals surface area contributed by atoms with E-state index in [0.717, 1.165) is 42.7 Å². The van der Waals surface area contributed by atoms with E-state index >= 15 is 0 Å². The number of allylic oxidation sites excluding steroid dienone is 3. The van der Waals surface area contributed by atoms with Gasteiger partial charge in [0.2, 0.25) is 0 Å². The topological polar surface area (TPSA) is 12.4 Å². The molecule has 0 bridgehead atoms. The zero-order valence-electron chi connectivity index (χ0n) is 16.0. The fourth-order valence-electron chi connectivity index (χ4n) is 2.59. The quantitative estimate of drug-likeness (QED) is 0.350. The Morgan fingerprint density at radius 3 is 2.54 bits per heavy atom. The third kappa shape index (κ3) is 7.25. The van der Waals surface area contributed by atoms with Crippen LogP contribution in [0, 0.1) is 18.7 Å². The number of aryl methyl sites for hydroxylation is 1. The molecule has 0 heterocycles. The van der Waals surface area contributed by atoms with Crippen molar-refractivity contribution in [3.63, 3.8) is 0 Å². The number of nitrogens with zero attached hydrogens (tertiary/aromatic N) is 1. The lowest BCUT2D eigenvalue weighted by molar-refractivity contribution is 0.579. The van der Waals surface area contributed by atoms with Gasteiger partial charge in [-0.15, -0.1) is 0 Å². The molecule has 0 fully saturated rings. The van der Waals surface area contributed by atoms with Crippen molar-refractivity contribution < 1.29 is 4.39 Å². The van der Waals surface area contributed by atoms with Crippen LogP contribution in [0.2, 0.25) is 0 Å². The van der Waals surface area contributed by atoms with Gasteiger partial charge in [0.05, 0.1) is 0 Å². The van der Waals surface area contributed by atoms with E-state index in [4.69, 9.17) is 0 Å². The number of halogens is 1. The number of aliphatic imine (C=N–C) groups is 1. The van der Waals surface area contributed by atoms with Crippen molar-refractivity contribution in [2.45, 2.75) is 60.3 Å². The highest BCUT2D eigenvalue weighted by atomic mass is 19.1. The predicted octanol–water partition coefficient (Wildman–Crippen LogP) is 6.77. The van der Waals surface area contributed by atoms with Gasteiger partial charge in [0, 0.05) is 17.8 Å². The van der Waals surface area contributed by atoms with Crippen LogP contribution in [0.5, 0.6) is 0 Å². The summed E-state index contributed by atoms with van der Waals surface area (Å²) in [6, 6.07) is 5.37.